The SMILES string of the molecule is Cc1nn(CC(=O)N2CCCc3cccc(F)c32)c(C)c1[N+](=O)[O-]. The summed E-state index contributed by atoms with van der Waals surface area (Å²) in [5, 5.41) is 15.1. The molecule has 0 spiro atoms. The van der Waals surface area contributed by atoms with Crippen LogP contribution < -0.4 is 4.90 Å². The lowest BCUT2D eigenvalue weighted by molar-refractivity contribution is -0.386. The fraction of sp³-hybridized carbons (Fsp3) is 0.375. The van der Waals surface area contributed by atoms with E-state index >= 15 is 0 Å². The summed E-state index contributed by atoms with van der Waals surface area (Å²) in [4.78, 5) is 24.6. The zero-order chi connectivity index (χ0) is 17.4. The highest BCUT2D eigenvalue weighted by Gasteiger charge is 2.28. The number of hydrogen-bond donors (Lipinski definition) is 0. The van der Waals surface area contributed by atoms with E-state index in [1.165, 1.54) is 22.6 Å². The van der Waals surface area contributed by atoms with Gasteiger partial charge < -0.3 is 4.90 Å². The molecule has 0 saturated heterocycles. The van der Waals surface area contributed by atoms with Gasteiger partial charge in [-0.2, -0.15) is 5.10 Å². The zero-order valence-electron chi connectivity index (χ0n) is 13.5. The van der Waals surface area contributed by atoms with E-state index in [1.54, 1.807) is 13.0 Å². The van der Waals surface area contributed by atoms with Crippen molar-refractivity contribution >= 4 is 17.3 Å². The normalized spacial score (nSPS) is 13.7. The number of para-hydroxylation sites is 1. The number of carbonyl (C=O) groups is 1. The molecule has 1 aliphatic heterocycles. The minimum atomic E-state index is -0.505. The monoisotopic (exact) mass is 332 g/mol. The summed E-state index contributed by atoms with van der Waals surface area (Å²) in [6.07, 6.45) is 1.47. The molecule has 0 fully saturated rings. The van der Waals surface area contributed by atoms with Crippen molar-refractivity contribution in [3.63, 3.8) is 0 Å². The van der Waals surface area contributed by atoms with Crippen LogP contribution in [0.5, 0.6) is 0 Å². The highest BCUT2D eigenvalue weighted by atomic mass is 19.1. The molecule has 7 nitrogen and oxygen atoms in total. The Morgan fingerprint density at radius 3 is 2.83 bits per heavy atom. The van der Waals surface area contributed by atoms with Crippen LogP contribution in [0.15, 0.2) is 18.2 Å². The number of nitrogens with zero attached hydrogens (tertiary/aromatic N) is 4. The molecule has 0 radical (unpaired) electrons. The second-order valence-corrected chi connectivity index (χ2v) is 5.83. The van der Waals surface area contributed by atoms with Crippen molar-refractivity contribution in [1.29, 1.82) is 0 Å². The smallest absolute Gasteiger partial charge is 0.308 e. The lowest BCUT2D eigenvalue weighted by Crippen LogP contribution is -2.38. The second-order valence-electron chi connectivity index (χ2n) is 5.83. The summed E-state index contributed by atoms with van der Waals surface area (Å²) in [6, 6.07) is 4.77. The molecule has 1 aliphatic rings. The first-order valence-corrected chi connectivity index (χ1v) is 7.66. The van der Waals surface area contributed by atoms with Crippen molar-refractivity contribution in [2.24, 2.45) is 0 Å². The number of halogens is 1. The lowest BCUT2D eigenvalue weighted by atomic mass is 10.0. The molecule has 0 unspecified atom stereocenters. The minimum Gasteiger partial charge on any atom is -0.308 e. The van der Waals surface area contributed by atoms with E-state index in [4.69, 9.17) is 0 Å². The Kier molecular flexibility index (Phi) is 4.04. The minimum absolute atomic E-state index is 0.0898. The van der Waals surface area contributed by atoms with Crippen LogP contribution in [0, 0.1) is 29.8 Å². The van der Waals surface area contributed by atoms with Crippen LogP contribution in [-0.4, -0.2) is 27.2 Å². The van der Waals surface area contributed by atoms with Crippen molar-refractivity contribution in [2.75, 3.05) is 11.4 Å². The largest absolute Gasteiger partial charge is 0.312 e. The van der Waals surface area contributed by atoms with Gasteiger partial charge in [0.05, 0.1) is 10.6 Å². The van der Waals surface area contributed by atoms with E-state index in [9.17, 15) is 19.3 Å². The number of aromatic nitrogens is 2. The predicted octanol–water partition coefficient (Wildman–Crippen LogP) is 2.53. The number of aryl methyl sites for hydroxylation is 2. The van der Waals surface area contributed by atoms with Crippen LogP contribution in [0.2, 0.25) is 0 Å². The maximum atomic E-state index is 14.2. The summed E-state index contributed by atoms with van der Waals surface area (Å²) in [7, 11) is 0. The summed E-state index contributed by atoms with van der Waals surface area (Å²) in [5.41, 5.74) is 1.60. The van der Waals surface area contributed by atoms with Crippen LogP contribution in [0.4, 0.5) is 15.8 Å². The number of benzene rings is 1. The van der Waals surface area contributed by atoms with Crippen molar-refractivity contribution in [3.05, 3.63) is 51.1 Å². The molecule has 3 rings (SSSR count). The first-order chi connectivity index (χ1) is 11.4. The summed E-state index contributed by atoms with van der Waals surface area (Å²) < 4.78 is 15.5. The highest BCUT2D eigenvalue weighted by molar-refractivity contribution is 5.94. The van der Waals surface area contributed by atoms with Crippen LogP contribution in [-0.2, 0) is 17.8 Å². The predicted molar refractivity (Wildman–Crippen MR) is 85.4 cm³/mol. The quantitative estimate of drug-likeness (QED) is 0.639. The van der Waals surface area contributed by atoms with Crippen molar-refractivity contribution < 1.29 is 14.1 Å². The average molecular weight is 332 g/mol. The first-order valence-electron chi connectivity index (χ1n) is 7.66. The first kappa shape index (κ1) is 16.1. The molecule has 0 atom stereocenters. The third kappa shape index (κ3) is 2.64. The van der Waals surface area contributed by atoms with Gasteiger partial charge in [0.1, 0.15) is 23.7 Å². The van der Waals surface area contributed by atoms with Gasteiger partial charge in [-0.25, -0.2) is 4.39 Å². The van der Waals surface area contributed by atoms with E-state index < -0.39 is 10.7 Å². The molecule has 1 amide bonds. The van der Waals surface area contributed by atoms with Crippen LogP contribution >= 0.6 is 0 Å². The Hall–Kier alpha value is -2.77. The molecular weight excluding hydrogens is 315 g/mol. The molecule has 0 saturated carbocycles. The molecule has 126 valence electrons. The molecular formula is C16H17FN4O3. The third-order valence-electron chi connectivity index (χ3n) is 4.28. The molecule has 1 aromatic heterocycles. The van der Waals surface area contributed by atoms with Gasteiger partial charge in [0, 0.05) is 6.54 Å². The van der Waals surface area contributed by atoms with Gasteiger partial charge in [-0.05, 0) is 38.3 Å². The van der Waals surface area contributed by atoms with E-state index in [2.05, 4.69) is 5.10 Å². The molecule has 2 heterocycles. The molecule has 8 heteroatoms. The van der Waals surface area contributed by atoms with Crippen LogP contribution in [0.1, 0.15) is 23.4 Å². The topological polar surface area (TPSA) is 81.3 Å². The van der Waals surface area contributed by atoms with Crippen molar-refractivity contribution in [3.8, 4) is 0 Å². The molecule has 0 aliphatic carbocycles. The third-order valence-corrected chi connectivity index (χ3v) is 4.28. The average Bonchev–Trinajstić information content (AvgIpc) is 2.81. The number of nitro groups is 1. The Balaban J connectivity index is 1.90. The zero-order valence-corrected chi connectivity index (χ0v) is 13.5. The van der Waals surface area contributed by atoms with Crippen LogP contribution in [0.3, 0.4) is 0 Å². The van der Waals surface area contributed by atoms with E-state index in [0.29, 0.717) is 17.9 Å². The van der Waals surface area contributed by atoms with Gasteiger partial charge in [-0.3, -0.25) is 19.6 Å². The Morgan fingerprint density at radius 2 is 2.17 bits per heavy atom. The Morgan fingerprint density at radius 1 is 1.42 bits per heavy atom. The van der Waals surface area contributed by atoms with E-state index in [1.807, 2.05) is 6.07 Å². The Bertz CT molecular complexity index is 831. The van der Waals surface area contributed by atoms with Gasteiger partial charge in [0.2, 0.25) is 5.91 Å². The number of fused-ring (bicyclic) bond motifs is 1. The standard InChI is InChI=1S/C16H17FN4O3/c1-10-15(21(23)24)11(2)20(18-10)9-14(22)19-8-4-6-12-5-3-7-13(17)16(12)19/h3,5,7H,4,6,8-9H2,1-2H3. The molecule has 0 bridgehead atoms. The molecule has 1 aromatic carbocycles. The number of hydrogen-bond acceptors (Lipinski definition) is 4. The molecule has 24 heavy (non-hydrogen) atoms. The number of amides is 1. The fourth-order valence-electron chi connectivity index (χ4n) is 3.17. The van der Waals surface area contributed by atoms with E-state index in [-0.39, 0.29) is 23.8 Å². The summed E-state index contributed by atoms with van der Waals surface area (Å²) in [5.74, 6) is -0.763. The maximum Gasteiger partial charge on any atom is 0.312 e. The van der Waals surface area contributed by atoms with Gasteiger partial charge in [0.25, 0.3) is 0 Å². The van der Waals surface area contributed by atoms with E-state index in [0.717, 1.165) is 18.4 Å². The number of rotatable bonds is 3. The fourth-order valence-corrected chi connectivity index (χ4v) is 3.17. The number of anilines is 1. The van der Waals surface area contributed by atoms with Crippen molar-refractivity contribution in [1.82, 2.24) is 9.78 Å². The van der Waals surface area contributed by atoms with Gasteiger partial charge in [-0.15, -0.1) is 0 Å². The number of carbonyl (C=O) groups excluding carboxylic acids is 1. The summed E-state index contributed by atoms with van der Waals surface area (Å²) >= 11 is 0. The molecule has 2 aromatic rings. The summed E-state index contributed by atoms with van der Waals surface area (Å²) in [6.45, 7) is 3.35. The van der Waals surface area contributed by atoms with Gasteiger partial charge in [0.15, 0.2) is 0 Å². The lowest BCUT2D eigenvalue weighted by Gasteiger charge is -2.29. The Labute approximate surface area is 137 Å². The second kappa shape index (κ2) is 6.03. The van der Waals surface area contributed by atoms with Crippen LogP contribution in [0.25, 0.3) is 0 Å². The van der Waals surface area contributed by atoms with Gasteiger partial charge >= 0.3 is 5.69 Å². The highest BCUT2D eigenvalue weighted by Crippen LogP contribution is 2.30. The van der Waals surface area contributed by atoms with Gasteiger partial charge in [-0.1, -0.05) is 12.1 Å². The maximum absolute atomic E-state index is 14.2. The van der Waals surface area contributed by atoms with Crippen molar-refractivity contribution in [2.45, 2.75) is 33.2 Å². The molecule has 0 N–H and O–H groups in total.